The molecule has 1 aliphatic carbocycles. The molecule has 5 rings (SSSR count). The highest BCUT2D eigenvalue weighted by Gasteiger charge is 2.25. The van der Waals surface area contributed by atoms with Gasteiger partial charge in [-0.1, -0.05) is 38.1 Å². The van der Waals surface area contributed by atoms with Crippen molar-refractivity contribution in [1.29, 1.82) is 0 Å². The Bertz CT molecular complexity index is 1370. The molecule has 0 amide bonds. The normalized spacial score (nSPS) is 15.6. The largest absolute Gasteiger partial charge is 0.332 e. The van der Waals surface area contributed by atoms with Crippen LogP contribution >= 0.6 is 0 Å². The molecule has 160 valence electrons. The first kappa shape index (κ1) is 19.5. The summed E-state index contributed by atoms with van der Waals surface area (Å²) in [4.78, 5) is 33.6. The van der Waals surface area contributed by atoms with Gasteiger partial charge in [0.1, 0.15) is 11.3 Å². The van der Waals surface area contributed by atoms with Crippen molar-refractivity contribution in [3.63, 3.8) is 0 Å². The van der Waals surface area contributed by atoms with Gasteiger partial charge in [-0.3, -0.25) is 18.6 Å². The Morgan fingerprint density at radius 2 is 1.87 bits per heavy atom. The number of rotatable bonds is 6. The van der Waals surface area contributed by atoms with Crippen LogP contribution in [-0.2, 0) is 19.5 Å². The average molecular weight is 419 g/mol. The molecule has 0 bridgehead atoms. The van der Waals surface area contributed by atoms with Gasteiger partial charge < -0.3 is 4.98 Å². The van der Waals surface area contributed by atoms with E-state index in [1.807, 2.05) is 24.7 Å². The SMILES string of the molecule is CCCn1c(=O)c2[nH]c(-c3cnn([C@@H]4CCc5ccccc54)c3)nc2n(CCC)c1=O. The van der Waals surface area contributed by atoms with Crippen molar-refractivity contribution >= 4 is 11.2 Å². The van der Waals surface area contributed by atoms with Crippen LogP contribution in [0.25, 0.3) is 22.6 Å². The predicted octanol–water partition coefficient (Wildman–Crippen LogP) is 3.11. The van der Waals surface area contributed by atoms with Gasteiger partial charge in [0.25, 0.3) is 5.56 Å². The van der Waals surface area contributed by atoms with Gasteiger partial charge >= 0.3 is 5.69 Å². The highest BCUT2D eigenvalue weighted by molar-refractivity contribution is 5.75. The molecule has 0 fully saturated rings. The van der Waals surface area contributed by atoms with Gasteiger partial charge in [-0.05, 0) is 36.8 Å². The van der Waals surface area contributed by atoms with Gasteiger partial charge in [0.05, 0.1) is 17.8 Å². The highest BCUT2D eigenvalue weighted by Crippen LogP contribution is 2.34. The van der Waals surface area contributed by atoms with Crippen molar-refractivity contribution in [2.24, 2.45) is 0 Å². The molecule has 4 aromatic rings. The van der Waals surface area contributed by atoms with E-state index < -0.39 is 0 Å². The third-order valence-corrected chi connectivity index (χ3v) is 6.05. The van der Waals surface area contributed by atoms with Crippen LogP contribution < -0.4 is 11.2 Å². The van der Waals surface area contributed by atoms with E-state index in [1.54, 1.807) is 10.8 Å². The maximum absolute atomic E-state index is 12.9. The number of H-pyrrole nitrogens is 1. The molecule has 1 aromatic carbocycles. The Morgan fingerprint density at radius 3 is 2.68 bits per heavy atom. The molecule has 0 aliphatic heterocycles. The molecule has 31 heavy (non-hydrogen) atoms. The minimum Gasteiger partial charge on any atom is -0.332 e. The van der Waals surface area contributed by atoms with E-state index in [4.69, 9.17) is 0 Å². The summed E-state index contributed by atoms with van der Waals surface area (Å²) in [5, 5.41) is 4.59. The van der Waals surface area contributed by atoms with Gasteiger partial charge in [-0.15, -0.1) is 0 Å². The minimum atomic E-state index is -0.315. The van der Waals surface area contributed by atoms with Gasteiger partial charge in [-0.2, -0.15) is 5.10 Å². The summed E-state index contributed by atoms with van der Waals surface area (Å²) in [6.45, 7) is 4.87. The molecule has 0 saturated carbocycles. The van der Waals surface area contributed by atoms with Crippen LogP contribution in [0.5, 0.6) is 0 Å². The van der Waals surface area contributed by atoms with E-state index in [2.05, 4.69) is 39.3 Å². The number of hydrogen-bond donors (Lipinski definition) is 1. The van der Waals surface area contributed by atoms with Gasteiger partial charge in [-0.25, -0.2) is 9.78 Å². The first-order valence-corrected chi connectivity index (χ1v) is 11.0. The summed E-state index contributed by atoms with van der Waals surface area (Å²) < 4.78 is 4.88. The third kappa shape index (κ3) is 3.13. The van der Waals surface area contributed by atoms with Crippen LogP contribution in [0.1, 0.15) is 50.3 Å². The smallest absolute Gasteiger partial charge is 0.332 e. The molecular formula is C23H26N6O2. The predicted molar refractivity (Wildman–Crippen MR) is 119 cm³/mol. The zero-order valence-corrected chi connectivity index (χ0v) is 17.8. The number of nitrogens with one attached hydrogen (secondary N) is 1. The van der Waals surface area contributed by atoms with Crippen molar-refractivity contribution in [2.45, 2.75) is 58.7 Å². The zero-order chi connectivity index (χ0) is 21.5. The number of aryl methyl sites for hydroxylation is 2. The lowest BCUT2D eigenvalue weighted by molar-refractivity contribution is 0.520. The maximum Gasteiger partial charge on any atom is 0.332 e. The molecule has 0 spiro atoms. The van der Waals surface area contributed by atoms with Crippen molar-refractivity contribution in [3.8, 4) is 11.4 Å². The first-order valence-electron chi connectivity index (χ1n) is 11.0. The number of benzene rings is 1. The van der Waals surface area contributed by atoms with E-state index in [9.17, 15) is 9.59 Å². The van der Waals surface area contributed by atoms with E-state index in [-0.39, 0.29) is 17.3 Å². The first-order chi connectivity index (χ1) is 15.1. The number of aromatic amines is 1. The van der Waals surface area contributed by atoms with Crippen molar-refractivity contribution < 1.29 is 0 Å². The standard InChI is InChI=1S/C23H26N6O2/c1-3-11-27-21-19(22(30)28(12-4-2)23(27)31)25-20(26-21)16-13-24-29(14-16)18-10-9-15-7-5-6-8-17(15)18/h5-8,13-14,18H,3-4,9-12H2,1-2H3,(H,25,26)/t18-/m1/s1. The highest BCUT2D eigenvalue weighted by atomic mass is 16.2. The topological polar surface area (TPSA) is 90.5 Å². The molecule has 3 heterocycles. The average Bonchev–Trinajstić information content (AvgIpc) is 3.51. The summed E-state index contributed by atoms with van der Waals surface area (Å²) in [6, 6.07) is 8.68. The summed E-state index contributed by atoms with van der Waals surface area (Å²) in [5.41, 5.74) is 3.66. The van der Waals surface area contributed by atoms with E-state index in [0.29, 0.717) is 36.5 Å². The minimum absolute atomic E-state index is 0.203. The van der Waals surface area contributed by atoms with Crippen molar-refractivity contribution in [2.75, 3.05) is 0 Å². The number of aromatic nitrogens is 6. The van der Waals surface area contributed by atoms with Crippen molar-refractivity contribution in [1.82, 2.24) is 28.9 Å². The number of imidazole rings is 1. The summed E-state index contributed by atoms with van der Waals surface area (Å²) in [5.74, 6) is 0.558. The Labute approximate surface area is 179 Å². The Morgan fingerprint density at radius 1 is 1.10 bits per heavy atom. The molecule has 0 saturated heterocycles. The van der Waals surface area contributed by atoms with Crippen LogP contribution in [-0.4, -0.2) is 28.9 Å². The van der Waals surface area contributed by atoms with Crippen molar-refractivity contribution in [3.05, 3.63) is 68.6 Å². The fourth-order valence-electron chi connectivity index (χ4n) is 4.59. The van der Waals surface area contributed by atoms with Gasteiger partial charge in [0, 0.05) is 19.3 Å². The zero-order valence-electron chi connectivity index (χ0n) is 17.8. The molecule has 1 N–H and O–H groups in total. The number of fused-ring (bicyclic) bond motifs is 2. The summed E-state index contributed by atoms with van der Waals surface area (Å²) in [6.07, 6.45) is 7.28. The summed E-state index contributed by atoms with van der Waals surface area (Å²) >= 11 is 0. The summed E-state index contributed by atoms with van der Waals surface area (Å²) in [7, 11) is 0. The van der Waals surface area contributed by atoms with Crippen LogP contribution in [0.2, 0.25) is 0 Å². The van der Waals surface area contributed by atoms with Crippen LogP contribution in [0, 0.1) is 0 Å². The fourth-order valence-corrected chi connectivity index (χ4v) is 4.59. The Kier molecular flexibility index (Phi) is 4.84. The monoisotopic (exact) mass is 418 g/mol. The van der Waals surface area contributed by atoms with Crippen LogP contribution in [0.15, 0.2) is 46.2 Å². The second-order valence-electron chi connectivity index (χ2n) is 8.14. The van der Waals surface area contributed by atoms with Gasteiger partial charge in [0.2, 0.25) is 0 Å². The Hall–Kier alpha value is -3.42. The molecule has 8 nitrogen and oxygen atoms in total. The molecule has 3 aromatic heterocycles. The van der Waals surface area contributed by atoms with Crippen LogP contribution in [0.3, 0.4) is 0 Å². The fraction of sp³-hybridized carbons (Fsp3) is 0.391. The molecule has 0 radical (unpaired) electrons. The quantitative estimate of drug-likeness (QED) is 0.521. The molecule has 0 unspecified atom stereocenters. The lowest BCUT2D eigenvalue weighted by Gasteiger charge is -2.11. The second-order valence-corrected chi connectivity index (χ2v) is 8.14. The Balaban J connectivity index is 1.59. The molecule has 1 atom stereocenters. The maximum atomic E-state index is 12.9. The molecule has 8 heteroatoms. The van der Waals surface area contributed by atoms with E-state index in [1.165, 1.54) is 15.7 Å². The number of hydrogen-bond acceptors (Lipinski definition) is 4. The van der Waals surface area contributed by atoms with Gasteiger partial charge in [0.15, 0.2) is 5.65 Å². The van der Waals surface area contributed by atoms with Crippen LogP contribution in [0.4, 0.5) is 0 Å². The lowest BCUT2D eigenvalue weighted by Crippen LogP contribution is -2.40. The second kappa shape index (κ2) is 7.68. The lowest BCUT2D eigenvalue weighted by atomic mass is 10.1. The molecule has 1 aliphatic rings. The molecular weight excluding hydrogens is 392 g/mol. The van der Waals surface area contributed by atoms with E-state index >= 15 is 0 Å². The van der Waals surface area contributed by atoms with E-state index in [0.717, 1.165) is 24.8 Å². The third-order valence-electron chi connectivity index (χ3n) is 6.05. The number of nitrogens with zero attached hydrogens (tertiary/aromatic N) is 5.